The number of para-hydroxylation sites is 1. The molecule has 0 bridgehead atoms. The van der Waals surface area contributed by atoms with Crippen LogP contribution in [0.15, 0.2) is 54.6 Å². The van der Waals surface area contributed by atoms with Gasteiger partial charge in [-0.3, -0.25) is 9.59 Å². The number of carbonyl (C=O) groups excluding carboxylic acids is 3. The van der Waals surface area contributed by atoms with Gasteiger partial charge in [0.1, 0.15) is 5.82 Å². The molecule has 8 nitrogen and oxygen atoms in total. The SMILES string of the molecule is O=C(ON1C(=O)c2ccccc2C1=O)c1nc(C2CC2)n(-c2ccccc2)n1. The van der Waals surface area contributed by atoms with Crippen LogP contribution in [-0.4, -0.2) is 37.6 Å². The highest BCUT2D eigenvalue weighted by Gasteiger charge is 2.40. The van der Waals surface area contributed by atoms with Gasteiger partial charge < -0.3 is 4.84 Å². The molecule has 0 N–H and O–H groups in total. The zero-order chi connectivity index (χ0) is 19.3. The zero-order valence-electron chi connectivity index (χ0n) is 14.6. The summed E-state index contributed by atoms with van der Waals surface area (Å²) in [6.45, 7) is 0. The number of hydrogen-bond donors (Lipinski definition) is 0. The largest absolute Gasteiger partial charge is 0.403 e. The normalized spacial score (nSPS) is 15.6. The maximum atomic E-state index is 12.6. The third-order valence-electron chi connectivity index (χ3n) is 4.69. The van der Waals surface area contributed by atoms with Gasteiger partial charge in [-0.2, -0.15) is 0 Å². The van der Waals surface area contributed by atoms with Crippen LogP contribution in [0.5, 0.6) is 0 Å². The van der Waals surface area contributed by atoms with Gasteiger partial charge in [0.15, 0.2) is 0 Å². The van der Waals surface area contributed by atoms with Crippen LogP contribution in [0.4, 0.5) is 0 Å². The first-order chi connectivity index (χ1) is 13.6. The molecular formula is C20H14N4O4. The molecule has 5 rings (SSSR count). The molecular weight excluding hydrogens is 360 g/mol. The van der Waals surface area contributed by atoms with Crippen molar-refractivity contribution in [3.8, 4) is 5.69 Å². The molecule has 2 aromatic carbocycles. The van der Waals surface area contributed by atoms with Gasteiger partial charge in [0, 0.05) is 5.92 Å². The van der Waals surface area contributed by atoms with E-state index in [1.54, 1.807) is 16.8 Å². The maximum Gasteiger partial charge on any atom is 0.403 e. The van der Waals surface area contributed by atoms with Gasteiger partial charge >= 0.3 is 5.97 Å². The third-order valence-corrected chi connectivity index (χ3v) is 4.69. The predicted molar refractivity (Wildman–Crippen MR) is 95.7 cm³/mol. The summed E-state index contributed by atoms with van der Waals surface area (Å²) in [6.07, 6.45) is 1.94. The molecule has 1 aromatic heterocycles. The van der Waals surface area contributed by atoms with Crippen molar-refractivity contribution >= 4 is 17.8 Å². The second-order valence-electron chi connectivity index (χ2n) is 6.64. The number of benzene rings is 2. The maximum absolute atomic E-state index is 12.6. The summed E-state index contributed by atoms with van der Waals surface area (Å²) >= 11 is 0. The van der Waals surface area contributed by atoms with Crippen LogP contribution in [-0.2, 0) is 4.84 Å². The summed E-state index contributed by atoms with van der Waals surface area (Å²) < 4.78 is 1.61. The number of hydroxylamine groups is 2. The number of imide groups is 1. The van der Waals surface area contributed by atoms with E-state index in [1.807, 2.05) is 30.3 Å². The summed E-state index contributed by atoms with van der Waals surface area (Å²) in [5, 5.41) is 4.73. The first-order valence-electron chi connectivity index (χ1n) is 8.86. The minimum absolute atomic E-state index is 0.192. The van der Waals surface area contributed by atoms with Crippen LogP contribution in [0.2, 0.25) is 0 Å². The molecule has 0 radical (unpaired) electrons. The second-order valence-corrected chi connectivity index (χ2v) is 6.64. The standard InChI is InChI=1S/C20H14N4O4/c25-18-14-8-4-5-9-15(14)19(26)24(18)28-20(27)16-21-17(12-10-11-12)23(22-16)13-6-2-1-3-7-13/h1-9,12H,10-11H2. The minimum atomic E-state index is -0.953. The van der Waals surface area contributed by atoms with Gasteiger partial charge in [-0.25, -0.2) is 14.5 Å². The molecule has 1 saturated carbocycles. The predicted octanol–water partition coefficient (Wildman–Crippen LogP) is 2.51. The van der Waals surface area contributed by atoms with E-state index in [4.69, 9.17) is 4.84 Å². The molecule has 2 aliphatic rings. The van der Waals surface area contributed by atoms with Crippen molar-refractivity contribution in [2.45, 2.75) is 18.8 Å². The Bertz CT molecular complexity index is 1080. The van der Waals surface area contributed by atoms with E-state index < -0.39 is 17.8 Å². The highest BCUT2D eigenvalue weighted by molar-refractivity contribution is 6.21. The monoisotopic (exact) mass is 374 g/mol. The summed E-state index contributed by atoms with van der Waals surface area (Å²) in [5.74, 6) is -1.61. The van der Waals surface area contributed by atoms with Gasteiger partial charge in [-0.05, 0) is 37.1 Å². The van der Waals surface area contributed by atoms with E-state index in [-0.39, 0.29) is 22.9 Å². The molecule has 8 heteroatoms. The number of carbonyl (C=O) groups is 3. The summed E-state index contributed by atoms with van der Waals surface area (Å²) in [7, 11) is 0. The van der Waals surface area contributed by atoms with Crippen molar-refractivity contribution < 1.29 is 19.2 Å². The zero-order valence-corrected chi connectivity index (χ0v) is 14.6. The van der Waals surface area contributed by atoms with Gasteiger partial charge in [0.05, 0.1) is 16.8 Å². The highest BCUT2D eigenvalue weighted by atomic mass is 16.7. The van der Waals surface area contributed by atoms with E-state index in [0.29, 0.717) is 10.9 Å². The van der Waals surface area contributed by atoms with Crippen molar-refractivity contribution in [3.05, 3.63) is 77.4 Å². The molecule has 0 atom stereocenters. The third kappa shape index (κ3) is 2.58. The Morgan fingerprint density at radius 3 is 2.14 bits per heavy atom. The van der Waals surface area contributed by atoms with Crippen LogP contribution >= 0.6 is 0 Å². The lowest BCUT2D eigenvalue weighted by molar-refractivity contribution is -0.0592. The topological polar surface area (TPSA) is 94.4 Å². The smallest absolute Gasteiger partial charge is 0.321 e. The van der Waals surface area contributed by atoms with Crippen molar-refractivity contribution in [3.63, 3.8) is 0 Å². The van der Waals surface area contributed by atoms with Gasteiger partial charge in [0.25, 0.3) is 17.6 Å². The molecule has 2 heterocycles. The summed E-state index contributed by atoms with van der Waals surface area (Å²) in [5.41, 5.74) is 1.17. The average Bonchev–Trinajstić information content (AvgIpc) is 3.44. The number of fused-ring (bicyclic) bond motifs is 1. The van der Waals surface area contributed by atoms with E-state index >= 15 is 0 Å². The Hall–Kier alpha value is -3.81. The molecule has 0 unspecified atom stereocenters. The quantitative estimate of drug-likeness (QED) is 0.651. The minimum Gasteiger partial charge on any atom is -0.321 e. The number of amides is 2. The molecule has 3 aromatic rings. The number of aromatic nitrogens is 3. The second kappa shape index (κ2) is 6.12. The molecule has 1 aliphatic carbocycles. The molecule has 1 fully saturated rings. The van der Waals surface area contributed by atoms with Crippen LogP contribution < -0.4 is 0 Å². The Labute approximate surface area is 159 Å². The first kappa shape index (κ1) is 16.4. The fourth-order valence-corrected chi connectivity index (χ4v) is 3.15. The van der Waals surface area contributed by atoms with Crippen molar-refractivity contribution in [1.82, 2.24) is 19.8 Å². The molecule has 0 spiro atoms. The van der Waals surface area contributed by atoms with Crippen molar-refractivity contribution in [2.75, 3.05) is 0 Å². The number of nitrogens with zero attached hydrogens (tertiary/aromatic N) is 4. The van der Waals surface area contributed by atoms with Gasteiger partial charge in [-0.1, -0.05) is 35.4 Å². The molecule has 1 aliphatic heterocycles. The Morgan fingerprint density at radius 2 is 1.54 bits per heavy atom. The number of rotatable bonds is 4. The first-order valence-corrected chi connectivity index (χ1v) is 8.86. The van der Waals surface area contributed by atoms with Crippen LogP contribution in [0, 0.1) is 0 Å². The molecule has 28 heavy (non-hydrogen) atoms. The molecule has 138 valence electrons. The van der Waals surface area contributed by atoms with Crippen LogP contribution in [0.1, 0.15) is 55.9 Å². The van der Waals surface area contributed by atoms with Crippen molar-refractivity contribution in [1.29, 1.82) is 0 Å². The fourth-order valence-electron chi connectivity index (χ4n) is 3.15. The van der Waals surface area contributed by atoms with E-state index in [2.05, 4.69) is 10.1 Å². The fraction of sp³-hybridized carbons (Fsp3) is 0.150. The van der Waals surface area contributed by atoms with Gasteiger partial charge in [0.2, 0.25) is 0 Å². The Kier molecular flexibility index (Phi) is 3.58. The Morgan fingerprint density at radius 1 is 0.929 bits per heavy atom. The lowest BCUT2D eigenvalue weighted by Crippen LogP contribution is -2.33. The summed E-state index contributed by atoms with van der Waals surface area (Å²) in [4.78, 5) is 46.7. The van der Waals surface area contributed by atoms with E-state index in [0.717, 1.165) is 18.5 Å². The lowest BCUT2D eigenvalue weighted by atomic mass is 10.1. The summed E-state index contributed by atoms with van der Waals surface area (Å²) in [6, 6.07) is 15.6. The highest BCUT2D eigenvalue weighted by Crippen LogP contribution is 2.39. The molecule has 2 amide bonds. The van der Waals surface area contributed by atoms with E-state index in [9.17, 15) is 14.4 Å². The Balaban J connectivity index is 1.44. The molecule has 0 saturated heterocycles. The van der Waals surface area contributed by atoms with Crippen LogP contribution in [0.3, 0.4) is 0 Å². The van der Waals surface area contributed by atoms with E-state index in [1.165, 1.54) is 12.1 Å². The lowest BCUT2D eigenvalue weighted by Gasteiger charge is -2.10. The number of hydrogen-bond acceptors (Lipinski definition) is 6. The van der Waals surface area contributed by atoms with Crippen molar-refractivity contribution in [2.24, 2.45) is 0 Å². The van der Waals surface area contributed by atoms with Gasteiger partial charge in [-0.15, -0.1) is 5.10 Å². The van der Waals surface area contributed by atoms with Crippen LogP contribution in [0.25, 0.3) is 5.69 Å². The average molecular weight is 374 g/mol.